The lowest BCUT2D eigenvalue weighted by molar-refractivity contribution is -0.152. The van der Waals surface area contributed by atoms with Gasteiger partial charge in [-0.25, -0.2) is 9.78 Å². The number of aromatic nitrogens is 1. The van der Waals surface area contributed by atoms with E-state index in [1.165, 1.54) is 24.3 Å². The highest BCUT2D eigenvalue weighted by Crippen LogP contribution is 2.37. The van der Waals surface area contributed by atoms with Crippen molar-refractivity contribution in [2.45, 2.75) is 62.1 Å². The van der Waals surface area contributed by atoms with Crippen molar-refractivity contribution >= 4 is 29.3 Å². The van der Waals surface area contributed by atoms with Crippen molar-refractivity contribution in [3.8, 4) is 5.75 Å². The fourth-order valence-corrected chi connectivity index (χ4v) is 4.55. The Morgan fingerprint density at radius 3 is 2.44 bits per heavy atom. The molecule has 176 valence electrons. The Morgan fingerprint density at radius 2 is 1.84 bits per heavy atom. The van der Waals surface area contributed by atoms with Crippen molar-refractivity contribution in [3.63, 3.8) is 0 Å². The second kappa shape index (κ2) is 10.3. The number of rotatable bonds is 6. The molecule has 2 aromatic rings. The van der Waals surface area contributed by atoms with E-state index in [1.54, 1.807) is 37.2 Å². The van der Waals surface area contributed by atoms with Crippen LogP contribution in [0.25, 0.3) is 0 Å². The van der Waals surface area contributed by atoms with Gasteiger partial charge >= 0.3 is 11.7 Å². The van der Waals surface area contributed by atoms with Gasteiger partial charge in [-0.3, -0.25) is 0 Å². The van der Waals surface area contributed by atoms with Crippen molar-refractivity contribution in [2.75, 3.05) is 13.1 Å². The minimum Gasteiger partial charge on any atom is -0.487 e. The van der Waals surface area contributed by atoms with E-state index in [0.29, 0.717) is 18.8 Å². The lowest BCUT2D eigenvalue weighted by atomic mass is 9.99. The van der Waals surface area contributed by atoms with Crippen LogP contribution in [0, 0.1) is 0 Å². The molecule has 0 N–H and O–H groups in total. The molecule has 6 nitrogen and oxygen atoms in total. The van der Waals surface area contributed by atoms with Crippen LogP contribution in [0.4, 0.5) is 18.0 Å². The highest BCUT2D eigenvalue weighted by molar-refractivity contribution is 8.00. The minimum atomic E-state index is -4.31. The van der Waals surface area contributed by atoms with Crippen molar-refractivity contribution in [1.82, 2.24) is 10.0 Å². The summed E-state index contributed by atoms with van der Waals surface area (Å²) in [6.45, 7) is 6.78. The van der Waals surface area contributed by atoms with Crippen molar-refractivity contribution in [3.05, 3.63) is 40.3 Å². The number of ether oxygens (including phenoxy) is 2. The molecule has 1 aliphatic heterocycles. The first-order valence-electron chi connectivity index (χ1n) is 10.1. The van der Waals surface area contributed by atoms with Crippen LogP contribution in [-0.2, 0) is 16.2 Å². The molecular formula is C21H25F3N2O4S2. The quantitative estimate of drug-likeness (QED) is 0.344. The third kappa shape index (κ3) is 8.18. The maximum atomic E-state index is 12.4. The molecule has 0 aliphatic carbocycles. The summed E-state index contributed by atoms with van der Waals surface area (Å²) >= 11 is 1.40. The van der Waals surface area contributed by atoms with Gasteiger partial charge in [0.1, 0.15) is 18.0 Å². The molecule has 3 rings (SSSR count). The summed E-state index contributed by atoms with van der Waals surface area (Å²) in [6.07, 6.45) is 0.902. The van der Waals surface area contributed by atoms with Crippen LogP contribution in [0.5, 0.6) is 5.75 Å². The number of nitrogens with zero attached hydrogens (tertiary/aromatic N) is 2. The zero-order valence-corrected chi connectivity index (χ0v) is 19.6. The average Bonchev–Trinajstić information content (AvgIpc) is 3.14. The van der Waals surface area contributed by atoms with Gasteiger partial charge in [0, 0.05) is 29.3 Å². The fraction of sp³-hybridized carbons (Fsp3) is 0.524. The molecule has 0 radical (unpaired) electrons. The smallest absolute Gasteiger partial charge is 0.487 e. The third-order valence-corrected chi connectivity index (χ3v) is 6.21. The normalized spacial score (nSPS) is 16.1. The maximum Gasteiger partial charge on any atom is 0.528 e. The van der Waals surface area contributed by atoms with E-state index in [2.05, 4.69) is 4.98 Å². The zero-order chi connectivity index (χ0) is 23.4. The van der Waals surface area contributed by atoms with Crippen molar-refractivity contribution in [1.29, 1.82) is 0 Å². The average molecular weight is 491 g/mol. The van der Waals surface area contributed by atoms with E-state index >= 15 is 0 Å². The lowest BCUT2D eigenvalue weighted by Gasteiger charge is -2.30. The van der Waals surface area contributed by atoms with E-state index in [9.17, 15) is 18.0 Å². The third-order valence-electron chi connectivity index (χ3n) is 4.41. The number of hydroxylamine groups is 2. The van der Waals surface area contributed by atoms with Crippen LogP contribution in [0.15, 0.2) is 34.5 Å². The molecule has 0 bridgehead atoms. The number of carbonyl (C=O) groups is 1. The number of halogens is 3. The Labute approximate surface area is 193 Å². The number of benzene rings is 1. The van der Waals surface area contributed by atoms with E-state index in [4.69, 9.17) is 14.3 Å². The van der Waals surface area contributed by atoms with Crippen LogP contribution in [-0.4, -0.2) is 40.4 Å². The van der Waals surface area contributed by atoms with E-state index in [0.717, 1.165) is 23.5 Å². The first kappa shape index (κ1) is 24.7. The predicted molar refractivity (Wildman–Crippen MR) is 116 cm³/mol. The van der Waals surface area contributed by atoms with E-state index in [-0.39, 0.29) is 29.2 Å². The minimum absolute atomic E-state index is 0.114. The SMILES string of the molecule is CC(C)(C)OC(=O)ON1CCC(c2nc(COc3ccc(SC(F)(F)F)cc3)cs2)CC1. The van der Waals surface area contributed by atoms with Gasteiger partial charge in [-0.15, -0.1) is 16.4 Å². The Morgan fingerprint density at radius 1 is 1.19 bits per heavy atom. The van der Waals surface area contributed by atoms with Gasteiger partial charge in [-0.2, -0.15) is 13.2 Å². The molecule has 32 heavy (non-hydrogen) atoms. The Balaban J connectivity index is 1.44. The zero-order valence-electron chi connectivity index (χ0n) is 18.0. The topological polar surface area (TPSA) is 60.9 Å². The molecule has 0 atom stereocenters. The fourth-order valence-electron chi connectivity index (χ4n) is 3.04. The Kier molecular flexibility index (Phi) is 7.94. The molecule has 0 unspecified atom stereocenters. The first-order chi connectivity index (χ1) is 15.0. The molecule has 2 heterocycles. The largest absolute Gasteiger partial charge is 0.528 e. The predicted octanol–water partition coefficient (Wildman–Crippen LogP) is 6.38. The number of carbonyl (C=O) groups excluding carboxylic acids is 1. The Hall–Kier alpha value is -1.98. The molecule has 0 amide bonds. The summed E-state index contributed by atoms with van der Waals surface area (Å²) in [5, 5.41) is 4.54. The van der Waals surface area contributed by atoms with Gasteiger partial charge in [-0.05, 0) is 69.6 Å². The number of hydrogen-bond acceptors (Lipinski definition) is 8. The molecule has 1 aromatic heterocycles. The summed E-state index contributed by atoms with van der Waals surface area (Å²) in [5.74, 6) is 0.754. The number of thiazole rings is 1. The molecular weight excluding hydrogens is 465 g/mol. The second-order valence-electron chi connectivity index (χ2n) is 8.24. The summed E-state index contributed by atoms with van der Waals surface area (Å²) < 4.78 is 48.0. The van der Waals surface area contributed by atoms with Gasteiger partial charge in [0.05, 0.1) is 10.7 Å². The molecule has 11 heteroatoms. The maximum absolute atomic E-state index is 12.4. The van der Waals surface area contributed by atoms with Crippen LogP contribution < -0.4 is 4.74 Å². The molecule has 0 spiro atoms. The number of thioether (sulfide) groups is 1. The number of alkyl halides is 3. The molecule has 1 aliphatic rings. The van der Waals surface area contributed by atoms with Crippen LogP contribution >= 0.6 is 23.1 Å². The van der Waals surface area contributed by atoms with E-state index in [1.807, 2.05) is 5.38 Å². The molecule has 1 aromatic carbocycles. The van der Waals surface area contributed by atoms with Crippen molar-refractivity contribution < 1.29 is 32.3 Å². The van der Waals surface area contributed by atoms with Gasteiger partial charge in [0.15, 0.2) is 0 Å². The standard InChI is InChI=1S/C21H25F3N2O4S2/c1-20(2,3)29-19(27)30-26-10-8-14(9-11-26)18-25-15(13-31-18)12-28-16-4-6-17(7-5-16)32-21(22,23)24/h4-7,13-14H,8-12H2,1-3H3. The summed E-state index contributed by atoms with van der Waals surface area (Å²) in [6, 6.07) is 5.80. The monoisotopic (exact) mass is 490 g/mol. The van der Waals surface area contributed by atoms with Gasteiger partial charge in [0.2, 0.25) is 0 Å². The number of hydrogen-bond donors (Lipinski definition) is 0. The van der Waals surface area contributed by atoms with Crippen molar-refractivity contribution in [2.24, 2.45) is 0 Å². The summed E-state index contributed by atoms with van der Waals surface area (Å²) in [5.41, 5.74) is -4.14. The first-order valence-corrected chi connectivity index (χ1v) is 11.8. The highest BCUT2D eigenvalue weighted by Gasteiger charge is 2.29. The van der Waals surface area contributed by atoms with Gasteiger partial charge < -0.3 is 14.3 Å². The Bertz CT molecular complexity index is 890. The summed E-state index contributed by atoms with van der Waals surface area (Å²) in [7, 11) is 0. The number of piperidine rings is 1. The second-order valence-corrected chi connectivity index (χ2v) is 10.3. The lowest BCUT2D eigenvalue weighted by Crippen LogP contribution is -2.37. The van der Waals surface area contributed by atoms with Gasteiger partial charge in [0.25, 0.3) is 0 Å². The molecule has 1 saturated heterocycles. The van der Waals surface area contributed by atoms with Crippen LogP contribution in [0.2, 0.25) is 0 Å². The molecule has 1 fully saturated rings. The molecule has 0 saturated carbocycles. The highest BCUT2D eigenvalue weighted by atomic mass is 32.2. The van der Waals surface area contributed by atoms with Gasteiger partial charge in [-0.1, -0.05) is 0 Å². The van der Waals surface area contributed by atoms with E-state index < -0.39 is 17.3 Å². The summed E-state index contributed by atoms with van der Waals surface area (Å²) in [4.78, 5) is 21.8. The van der Waals surface area contributed by atoms with Crippen LogP contribution in [0.3, 0.4) is 0 Å². The van der Waals surface area contributed by atoms with Crippen LogP contribution in [0.1, 0.15) is 50.2 Å².